The Hall–Kier alpha value is -2.62. The fourth-order valence-electron chi connectivity index (χ4n) is 3.06. The van der Waals surface area contributed by atoms with Crippen LogP contribution in [0.4, 0.5) is 0 Å². The minimum atomic E-state index is -0.0487. The van der Waals surface area contributed by atoms with Gasteiger partial charge in [-0.3, -0.25) is 0 Å². The summed E-state index contributed by atoms with van der Waals surface area (Å²) < 4.78 is 11.6. The van der Waals surface area contributed by atoms with Crippen LogP contribution in [-0.2, 0) is 9.47 Å². The molecule has 24 heavy (non-hydrogen) atoms. The van der Waals surface area contributed by atoms with Gasteiger partial charge in [0, 0.05) is 0 Å². The predicted molar refractivity (Wildman–Crippen MR) is 94.3 cm³/mol. The van der Waals surface area contributed by atoms with E-state index in [2.05, 4.69) is 24.3 Å². The van der Waals surface area contributed by atoms with E-state index in [9.17, 15) is 0 Å². The maximum absolute atomic E-state index is 5.82. The van der Waals surface area contributed by atoms with Crippen LogP contribution in [0.15, 0.2) is 70.6 Å². The third kappa shape index (κ3) is 2.92. The Kier molecular flexibility index (Phi) is 4.03. The van der Waals surface area contributed by atoms with Crippen molar-refractivity contribution in [2.75, 3.05) is 13.2 Å². The first-order valence-corrected chi connectivity index (χ1v) is 8.32. The molecule has 2 aromatic carbocycles. The van der Waals surface area contributed by atoms with Gasteiger partial charge in [-0.05, 0) is 18.1 Å². The summed E-state index contributed by atoms with van der Waals surface area (Å²) in [5, 5.41) is 0. The third-order valence-electron chi connectivity index (χ3n) is 4.45. The van der Waals surface area contributed by atoms with Crippen molar-refractivity contribution < 1.29 is 9.47 Å². The smallest absolute Gasteiger partial charge is 0.196 e. The molecule has 0 unspecified atom stereocenters. The van der Waals surface area contributed by atoms with Gasteiger partial charge >= 0.3 is 0 Å². The van der Waals surface area contributed by atoms with Gasteiger partial charge in [-0.1, -0.05) is 60.7 Å². The molecule has 2 atom stereocenters. The van der Waals surface area contributed by atoms with E-state index in [1.807, 2.05) is 43.3 Å². The number of hydrogen-bond acceptors (Lipinski definition) is 4. The molecule has 4 heteroatoms. The van der Waals surface area contributed by atoms with Crippen molar-refractivity contribution in [1.29, 1.82) is 0 Å². The van der Waals surface area contributed by atoms with Gasteiger partial charge in [-0.2, -0.15) is 0 Å². The van der Waals surface area contributed by atoms with Crippen LogP contribution in [0.1, 0.15) is 30.1 Å². The molecular weight excluding hydrogens is 300 g/mol. The third-order valence-corrected chi connectivity index (χ3v) is 4.45. The number of hydrogen-bond donors (Lipinski definition) is 0. The molecule has 0 aromatic heterocycles. The molecule has 0 N–H and O–H groups in total. The summed E-state index contributed by atoms with van der Waals surface area (Å²) in [5.41, 5.74) is 2.35. The molecule has 0 aliphatic carbocycles. The molecule has 0 amide bonds. The van der Waals surface area contributed by atoms with Crippen molar-refractivity contribution in [3.63, 3.8) is 0 Å². The topological polar surface area (TPSA) is 43.2 Å². The van der Waals surface area contributed by atoms with Gasteiger partial charge in [0.05, 0.1) is 0 Å². The van der Waals surface area contributed by atoms with Crippen LogP contribution in [0.3, 0.4) is 0 Å². The quantitative estimate of drug-likeness (QED) is 0.855. The van der Waals surface area contributed by atoms with E-state index in [0.29, 0.717) is 13.2 Å². The number of rotatable bonds is 4. The van der Waals surface area contributed by atoms with Gasteiger partial charge in [-0.25, -0.2) is 9.98 Å². The summed E-state index contributed by atoms with van der Waals surface area (Å²) in [5.74, 6) is 1.39. The van der Waals surface area contributed by atoms with E-state index in [1.54, 1.807) is 0 Å². The van der Waals surface area contributed by atoms with Crippen molar-refractivity contribution >= 4 is 11.8 Å². The highest BCUT2D eigenvalue weighted by atomic mass is 16.5. The average molecular weight is 320 g/mol. The van der Waals surface area contributed by atoms with Crippen LogP contribution >= 0.6 is 0 Å². The van der Waals surface area contributed by atoms with Crippen LogP contribution < -0.4 is 0 Å². The molecule has 2 aliphatic heterocycles. The minimum absolute atomic E-state index is 0.0487. The molecule has 2 aliphatic rings. The van der Waals surface area contributed by atoms with E-state index >= 15 is 0 Å². The summed E-state index contributed by atoms with van der Waals surface area (Å²) in [4.78, 5) is 9.47. The Labute approximate surface area is 141 Å². The van der Waals surface area contributed by atoms with E-state index < -0.39 is 0 Å². The molecule has 4 nitrogen and oxygen atoms in total. The predicted octanol–water partition coefficient (Wildman–Crippen LogP) is 3.96. The Morgan fingerprint density at radius 1 is 0.750 bits per heavy atom. The molecule has 0 bridgehead atoms. The Bertz CT molecular complexity index is 690. The van der Waals surface area contributed by atoms with E-state index in [0.717, 1.165) is 11.8 Å². The number of aliphatic imine (C=N–C) groups is 2. The highest BCUT2D eigenvalue weighted by Gasteiger charge is 2.32. The minimum Gasteiger partial charge on any atom is -0.478 e. The number of benzene rings is 2. The average Bonchev–Trinajstić information content (AvgIpc) is 3.33. The summed E-state index contributed by atoms with van der Waals surface area (Å²) in [6.07, 6.45) is 0. The summed E-state index contributed by atoms with van der Waals surface area (Å²) in [6, 6.07) is 20.6. The van der Waals surface area contributed by atoms with Crippen molar-refractivity contribution in [2.24, 2.45) is 15.9 Å². The molecule has 0 radical (unpaired) electrons. The van der Waals surface area contributed by atoms with E-state index in [-0.39, 0.29) is 18.0 Å². The first-order valence-electron chi connectivity index (χ1n) is 8.32. The summed E-state index contributed by atoms with van der Waals surface area (Å²) in [6.45, 7) is 3.20. The number of ether oxygens (including phenoxy) is 2. The van der Waals surface area contributed by atoms with Crippen molar-refractivity contribution in [2.45, 2.75) is 19.0 Å². The van der Waals surface area contributed by atoms with Gasteiger partial charge in [0.2, 0.25) is 0 Å². The van der Waals surface area contributed by atoms with Gasteiger partial charge in [0.1, 0.15) is 31.2 Å². The Morgan fingerprint density at radius 2 is 1.17 bits per heavy atom. The van der Waals surface area contributed by atoms with Crippen LogP contribution in [0.5, 0.6) is 0 Å². The molecular formula is C20H20N2O2. The van der Waals surface area contributed by atoms with Gasteiger partial charge in [0.15, 0.2) is 11.8 Å². The van der Waals surface area contributed by atoms with Crippen molar-refractivity contribution in [3.8, 4) is 0 Å². The first kappa shape index (κ1) is 14.9. The monoisotopic (exact) mass is 320 g/mol. The lowest BCUT2D eigenvalue weighted by molar-refractivity contribution is 0.287. The van der Waals surface area contributed by atoms with Gasteiger partial charge in [-0.15, -0.1) is 0 Å². The Balaban J connectivity index is 1.49. The maximum Gasteiger partial charge on any atom is 0.196 e. The standard InChI is InChI=1S/C20H20N2O2/c1-14(19-21-17(12-23-19)15-8-4-2-5-9-15)20-22-18(13-24-20)16-10-6-3-7-11-16/h2-11,14,17-18H,12-13H2,1H3/t17-,18-/m1/s1. The Morgan fingerprint density at radius 3 is 1.58 bits per heavy atom. The zero-order valence-electron chi connectivity index (χ0n) is 13.6. The summed E-state index contributed by atoms with van der Waals surface area (Å²) in [7, 11) is 0. The molecule has 0 spiro atoms. The van der Waals surface area contributed by atoms with Gasteiger partial charge < -0.3 is 9.47 Å². The van der Waals surface area contributed by atoms with Crippen LogP contribution in [0.2, 0.25) is 0 Å². The zero-order chi connectivity index (χ0) is 16.4. The first-order chi connectivity index (χ1) is 11.8. The zero-order valence-corrected chi connectivity index (χ0v) is 13.6. The second-order valence-corrected chi connectivity index (χ2v) is 6.13. The van der Waals surface area contributed by atoms with Crippen molar-refractivity contribution in [3.05, 3.63) is 71.8 Å². The summed E-state index contributed by atoms with van der Waals surface area (Å²) >= 11 is 0. The normalized spacial score (nSPS) is 22.8. The largest absolute Gasteiger partial charge is 0.478 e. The van der Waals surface area contributed by atoms with Crippen LogP contribution in [0.25, 0.3) is 0 Å². The van der Waals surface area contributed by atoms with E-state index in [4.69, 9.17) is 19.5 Å². The van der Waals surface area contributed by atoms with Crippen molar-refractivity contribution in [1.82, 2.24) is 0 Å². The second kappa shape index (κ2) is 6.48. The van der Waals surface area contributed by atoms with Gasteiger partial charge in [0.25, 0.3) is 0 Å². The molecule has 0 saturated heterocycles. The highest BCUT2D eigenvalue weighted by Crippen LogP contribution is 2.29. The lowest BCUT2D eigenvalue weighted by atomic mass is 10.1. The molecule has 2 aromatic rings. The second-order valence-electron chi connectivity index (χ2n) is 6.13. The van der Waals surface area contributed by atoms with Crippen LogP contribution in [-0.4, -0.2) is 25.0 Å². The maximum atomic E-state index is 5.82. The lowest BCUT2D eigenvalue weighted by Crippen LogP contribution is -2.21. The fraction of sp³-hybridized carbons (Fsp3) is 0.300. The molecule has 0 fully saturated rings. The molecule has 0 saturated carbocycles. The molecule has 4 rings (SSSR count). The number of nitrogens with zero attached hydrogens (tertiary/aromatic N) is 2. The van der Waals surface area contributed by atoms with Crippen LogP contribution in [0, 0.1) is 5.92 Å². The lowest BCUT2D eigenvalue weighted by Gasteiger charge is -2.10. The molecule has 122 valence electrons. The van der Waals surface area contributed by atoms with E-state index in [1.165, 1.54) is 11.1 Å². The SMILES string of the molecule is CC(C1=N[C@@H](c2ccccc2)CO1)C1=N[C@@H](c2ccccc2)CO1. The fourth-order valence-corrected chi connectivity index (χ4v) is 3.06. The highest BCUT2D eigenvalue weighted by molar-refractivity contribution is 6.01. The molecule has 2 heterocycles.